The molecule has 3 heteroatoms. The van der Waals surface area contributed by atoms with E-state index in [9.17, 15) is 4.79 Å². The highest BCUT2D eigenvalue weighted by Gasteiger charge is 2.43. The average Bonchev–Trinajstić information content (AvgIpc) is 2.02. The Bertz CT molecular complexity index is 209. The van der Waals surface area contributed by atoms with Gasteiger partial charge in [0, 0.05) is 11.6 Å². The molecule has 0 aliphatic carbocycles. The normalized spacial score (nSPS) is 15.3. The van der Waals surface area contributed by atoms with Crippen molar-refractivity contribution in [3.8, 4) is 0 Å². The molecule has 0 aliphatic heterocycles. The highest BCUT2D eigenvalue weighted by atomic mass is 16.4. The van der Waals surface area contributed by atoms with Gasteiger partial charge in [0.15, 0.2) is 0 Å². The van der Waals surface area contributed by atoms with Gasteiger partial charge in [0.05, 0.1) is 5.41 Å². The van der Waals surface area contributed by atoms with E-state index in [0.717, 1.165) is 6.42 Å². The molecule has 0 amide bonds. The molecule has 1 atom stereocenters. The van der Waals surface area contributed by atoms with Crippen LogP contribution in [-0.4, -0.2) is 22.7 Å². The maximum absolute atomic E-state index is 11.1. The molecule has 1 unspecified atom stereocenters. The Hall–Kier alpha value is -0.570. The van der Waals surface area contributed by atoms with Crippen LogP contribution >= 0.6 is 0 Å². The second-order valence-corrected chi connectivity index (χ2v) is 5.01. The quantitative estimate of drug-likeness (QED) is 0.717. The fourth-order valence-electron chi connectivity index (χ4n) is 1.17. The largest absolute Gasteiger partial charge is 0.481 e. The van der Waals surface area contributed by atoms with Gasteiger partial charge in [-0.2, -0.15) is 0 Å². The molecule has 0 saturated carbocycles. The Morgan fingerprint density at radius 2 is 1.79 bits per heavy atom. The monoisotopic (exact) mass is 201 g/mol. The number of carboxylic acid groups (broad SMARTS) is 1. The third-order valence-corrected chi connectivity index (χ3v) is 3.32. The summed E-state index contributed by atoms with van der Waals surface area (Å²) in [6.45, 7) is 11.5. The first-order chi connectivity index (χ1) is 6.15. The van der Waals surface area contributed by atoms with Gasteiger partial charge < -0.3 is 10.4 Å². The molecule has 0 bridgehead atoms. The maximum Gasteiger partial charge on any atom is 0.310 e. The van der Waals surface area contributed by atoms with Gasteiger partial charge in [-0.05, 0) is 41.0 Å². The molecule has 0 spiro atoms. The highest BCUT2D eigenvalue weighted by molar-refractivity contribution is 5.75. The van der Waals surface area contributed by atoms with E-state index in [0.29, 0.717) is 6.04 Å². The Kier molecular flexibility index (Phi) is 4.13. The second kappa shape index (κ2) is 4.30. The van der Waals surface area contributed by atoms with Gasteiger partial charge in [0.2, 0.25) is 0 Å². The molecule has 0 aromatic rings. The Labute approximate surface area is 86.9 Å². The van der Waals surface area contributed by atoms with Crippen LogP contribution in [0.5, 0.6) is 0 Å². The van der Waals surface area contributed by atoms with Crippen molar-refractivity contribution < 1.29 is 9.90 Å². The molecule has 0 radical (unpaired) electrons. The van der Waals surface area contributed by atoms with Crippen LogP contribution in [0.2, 0.25) is 0 Å². The lowest BCUT2D eigenvalue weighted by molar-refractivity contribution is -0.151. The Morgan fingerprint density at radius 1 is 1.36 bits per heavy atom. The summed E-state index contributed by atoms with van der Waals surface area (Å²) in [5, 5.41) is 12.5. The van der Waals surface area contributed by atoms with Crippen molar-refractivity contribution in [1.29, 1.82) is 0 Å². The number of nitrogens with one attached hydrogen (secondary N) is 1. The van der Waals surface area contributed by atoms with E-state index in [1.807, 2.05) is 13.8 Å². The fourth-order valence-corrected chi connectivity index (χ4v) is 1.17. The lowest BCUT2D eigenvalue weighted by atomic mass is 9.74. The number of carboxylic acids is 1. The predicted molar refractivity (Wildman–Crippen MR) is 58.4 cm³/mol. The van der Waals surface area contributed by atoms with Crippen molar-refractivity contribution in [2.24, 2.45) is 5.41 Å². The molecule has 84 valence electrons. The van der Waals surface area contributed by atoms with Crippen molar-refractivity contribution >= 4 is 5.97 Å². The molecule has 2 N–H and O–H groups in total. The Balaban J connectivity index is 4.68. The van der Waals surface area contributed by atoms with Crippen LogP contribution in [0.4, 0.5) is 0 Å². The topological polar surface area (TPSA) is 49.3 Å². The summed E-state index contributed by atoms with van der Waals surface area (Å²) in [7, 11) is 0. The molecule has 0 rings (SSSR count). The molecule has 0 aromatic carbocycles. The van der Waals surface area contributed by atoms with Crippen molar-refractivity contribution in [2.45, 2.75) is 59.5 Å². The van der Waals surface area contributed by atoms with Crippen molar-refractivity contribution in [3.05, 3.63) is 0 Å². The minimum Gasteiger partial charge on any atom is -0.481 e. The van der Waals surface area contributed by atoms with Crippen molar-refractivity contribution in [3.63, 3.8) is 0 Å². The first-order valence-corrected chi connectivity index (χ1v) is 5.16. The maximum atomic E-state index is 11.1. The number of hydrogen-bond donors (Lipinski definition) is 2. The summed E-state index contributed by atoms with van der Waals surface area (Å²) in [6.07, 6.45) is 0.999. The van der Waals surface area contributed by atoms with E-state index in [2.05, 4.69) is 19.2 Å². The van der Waals surface area contributed by atoms with E-state index in [-0.39, 0.29) is 0 Å². The second-order valence-electron chi connectivity index (χ2n) is 5.01. The van der Waals surface area contributed by atoms with Crippen LogP contribution in [-0.2, 0) is 4.79 Å². The van der Waals surface area contributed by atoms with Crippen LogP contribution in [0.25, 0.3) is 0 Å². The van der Waals surface area contributed by atoms with Gasteiger partial charge >= 0.3 is 5.97 Å². The van der Waals surface area contributed by atoms with Gasteiger partial charge in [0.1, 0.15) is 0 Å². The zero-order chi connectivity index (χ0) is 11.6. The molecule has 0 heterocycles. The summed E-state index contributed by atoms with van der Waals surface area (Å²) in [6, 6.07) is 0.337. The lowest BCUT2D eigenvalue weighted by Crippen LogP contribution is -2.57. The van der Waals surface area contributed by atoms with Crippen LogP contribution < -0.4 is 5.32 Å². The Morgan fingerprint density at radius 3 is 2.07 bits per heavy atom. The lowest BCUT2D eigenvalue weighted by Gasteiger charge is -2.41. The van der Waals surface area contributed by atoms with E-state index in [4.69, 9.17) is 5.11 Å². The number of aliphatic carboxylic acids is 1. The summed E-state index contributed by atoms with van der Waals surface area (Å²) >= 11 is 0. The summed E-state index contributed by atoms with van der Waals surface area (Å²) in [5.41, 5.74) is -1.18. The smallest absolute Gasteiger partial charge is 0.310 e. The zero-order valence-corrected chi connectivity index (χ0v) is 10.1. The number of hydrogen-bond acceptors (Lipinski definition) is 2. The summed E-state index contributed by atoms with van der Waals surface area (Å²) in [5.74, 6) is -0.765. The van der Waals surface area contributed by atoms with E-state index >= 15 is 0 Å². The van der Waals surface area contributed by atoms with Crippen LogP contribution in [0, 0.1) is 5.41 Å². The summed E-state index contributed by atoms with van der Waals surface area (Å²) in [4.78, 5) is 11.1. The van der Waals surface area contributed by atoms with Crippen molar-refractivity contribution in [1.82, 2.24) is 5.32 Å². The minimum absolute atomic E-state index is 0.337. The van der Waals surface area contributed by atoms with Crippen LogP contribution in [0.3, 0.4) is 0 Å². The van der Waals surface area contributed by atoms with Crippen molar-refractivity contribution in [2.75, 3.05) is 0 Å². The minimum atomic E-state index is -0.767. The molecule has 0 fully saturated rings. The van der Waals surface area contributed by atoms with E-state index in [1.165, 1.54) is 0 Å². The van der Waals surface area contributed by atoms with Gasteiger partial charge in [-0.25, -0.2) is 0 Å². The van der Waals surface area contributed by atoms with E-state index in [1.54, 1.807) is 13.8 Å². The molecule has 0 aliphatic rings. The first kappa shape index (κ1) is 13.4. The molecule has 0 aromatic heterocycles. The first-order valence-electron chi connectivity index (χ1n) is 5.16. The molecule has 14 heavy (non-hydrogen) atoms. The fraction of sp³-hybridized carbons (Fsp3) is 0.909. The molecular formula is C11H23NO2. The molecular weight excluding hydrogens is 178 g/mol. The third kappa shape index (κ3) is 2.71. The average molecular weight is 201 g/mol. The van der Waals surface area contributed by atoms with Gasteiger partial charge in [-0.15, -0.1) is 0 Å². The zero-order valence-electron chi connectivity index (χ0n) is 10.1. The molecule has 3 nitrogen and oxygen atoms in total. The van der Waals surface area contributed by atoms with Crippen LogP contribution in [0.15, 0.2) is 0 Å². The van der Waals surface area contributed by atoms with Gasteiger partial charge in [-0.1, -0.05) is 6.92 Å². The number of rotatable bonds is 5. The standard InChI is InChI=1S/C11H23NO2/c1-7-8(2)12-11(5,6)10(3,4)9(13)14/h8,12H,7H2,1-6H3,(H,13,14). The third-order valence-electron chi connectivity index (χ3n) is 3.32. The molecule has 0 saturated heterocycles. The van der Waals surface area contributed by atoms with Gasteiger partial charge in [0.25, 0.3) is 0 Å². The number of carbonyl (C=O) groups is 1. The summed E-state index contributed by atoms with van der Waals surface area (Å²) < 4.78 is 0. The SMILES string of the molecule is CCC(C)NC(C)(C)C(C)(C)C(=O)O. The van der Waals surface area contributed by atoms with Gasteiger partial charge in [-0.3, -0.25) is 4.79 Å². The predicted octanol–water partition coefficient (Wildman–Crippen LogP) is 2.26. The van der Waals surface area contributed by atoms with Crippen LogP contribution in [0.1, 0.15) is 48.0 Å². The van der Waals surface area contributed by atoms with E-state index < -0.39 is 16.9 Å². The highest BCUT2D eigenvalue weighted by Crippen LogP contribution is 2.31.